The van der Waals surface area contributed by atoms with Gasteiger partial charge < -0.3 is 14.5 Å². The van der Waals surface area contributed by atoms with Crippen molar-refractivity contribution in [3.05, 3.63) is 62.3 Å². The number of nitrogens with zero attached hydrogens (tertiary/aromatic N) is 4. The SMILES string of the molecule is CCOC(=O)c1cc(C(=O)N2CCN(c3ncc(C(F)(F)F)cc3Cl)CC2)cc([N+](=O)[O-])c1. The molecule has 1 saturated heterocycles. The third-order valence-electron chi connectivity index (χ3n) is 4.90. The Hall–Kier alpha value is -3.41. The highest BCUT2D eigenvalue weighted by molar-refractivity contribution is 6.33. The number of anilines is 1. The van der Waals surface area contributed by atoms with Crippen LogP contribution in [0.1, 0.15) is 33.2 Å². The van der Waals surface area contributed by atoms with Gasteiger partial charge in [-0.3, -0.25) is 14.9 Å². The lowest BCUT2D eigenvalue weighted by atomic mass is 10.1. The van der Waals surface area contributed by atoms with E-state index in [1.165, 1.54) is 11.0 Å². The summed E-state index contributed by atoms with van der Waals surface area (Å²) in [6.07, 6.45) is -3.88. The van der Waals surface area contributed by atoms with E-state index in [1.807, 2.05) is 0 Å². The first-order valence-corrected chi connectivity index (χ1v) is 10.1. The Balaban J connectivity index is 1.75. The van der Waals surface area contributed by atoms with Crippen LogP contribution < -0.4 is 4.90 Å². The molecule has 1 aromatic carbocycles. The van der Waals surface area contributed by atoms with Crippen molar-refractivity contribution in [3.8, 4) is 0 Å². The van der Waals surface area contributed by atoms with Gasteiger partial charge in [0.1, 0.15) is 5.82 Å². The number of amides is 1. The summed E-state index contributed by atoms with van der Waals surface area (Å²) in [6.45, 7) is 2.42. The summed E-state index contributed by atoms with van der Waals surface area (Å²) in [6, 6.07) is 4.13. The molecule has 1 aromatic heterocycles. The molecule has 0 spiro atoms. The first-order valence-electron chi connectivity index (χ1n) is 9.74. The topological polar surface area (TPSA) is 106 Å². The van der Waals surface area contributed by atoms with E-state index in [9.17, 15) is 32.9 Å². The Bertz CT molecular complexity index is 1090. The Morgan fingerprint density at radius 3 is 2.33 bits per heavy atom. The van der Waals surface area contributed by atoms with Crippen LogP contribution in [0, 0.1) is 10.1 Å². The van der Waals surface area contributed by atoms with Gasteiger partial charge in [0, 0.05) is 50.1 Å². The van der Waals surface area contributed by atoms with Gasteiger partial charge in [-0.2, -0.15) is 13.2 Å². The first kappa shape index (κ1) is 24.2. The zero-order chi connectivity index (χ0) is 24.3. The number of hydrogen-bond acceptors (Lipinski definition) is 7. The molecule has 13 heteroatoms. The number of nitro benzene ring substituents is 1. The molecule has 176 valence electrons. The van der Waals surface area contributed by atoms with Gasteiger partial charge in [0.2, 0.25) is 0 Å². The Labute approximate surface area is 190 Å². The van der Waals surface area contributed by atoms with Crippen molar-refractivity contribution in [2.45, 2.75) is 13.1 Å². The van der Waals surface area contributed by atoms with Crippen LogP contribution in [-0.4, -0.2) is 59.5 Å². The second-order valence-electron chi connectivity index (χ2n) is 7.05. The van der Waals surface area contributed by atoms with E-state index in [4.69, 9.17) is 16.3 Å². The number of pyridine rings is 1. The smallest absolute Gasteiger partial charge is 0.417 e. The molecule has 1 fully saturated rings. The van der Waals surface area contributed by atoms with E-state index in [-0.39, 0.29) is 54.8 Å². The van der Waals surface area contributed by atoms with Gasteiger partial charge in [0.05, 0.1) is 27.7 Å². The van der Waals surface area contributed by atoms with Crippen LogP contribution in [-0.2, 0) is 10.9 Å². The zero-order valence-electron chi connectivity index (χ0n) is 17.3. The molecule has 1 aliphatic rings. The number of benzene rings is 1. The van der Waals surface area contributed by atoms with Gasteiger partial charge >= 0.3 is 12.1 Å². The van der Waals surface area contributed by atoms with Gasteiger partial charge in [-0.15, -0.1) is 0 Å². The third-order valence-corrected chi connectivity index (χ3v) is 5.18. The lowest BCUT2D eigenvalue weighted by Gasteiger charge is -2.35. The molecule has 1 aliphatic heterocycles. The van der Waals surface area contributed by atoms with Crippen LogP contribution in [0.2, 0.25) is 5.02 Å². The van der Waals surface area contributed by atoms with Crippen LogP contribution in [0.3, 0.4) is 0 Å². The van der Waals surface area contributed by atoms with Crippen molar-refractivity contribution in [1.29, 1.82) is 0 Å². The lowest BCUT2D eigenvalue weighted by Crippen LogP contribution is -2.49. The van der Waals surface area contributed by atoms with E-state index in [0.29, 0.717) is 6.20 Å². The lowest BCUT2D eigenvalue weighted by molar-refractivity contribution is -0.384. The summed E-state index contributed by atoms with van der Waals surface area (Å²) >= 11 is 5.99. The molecule has 0 bridgehead atoms. The van der Waals surface area contributed by atoms with Crippen LogP contribution in [0.15, 0.2) is 30.5 Å². The van der Waals surface area contributed by atoms with Crippen molar-refractivity contribution in [2.75, 3.05) is 37.7 Å². The number of carbonyl (C=O) groups is 2. The fourth-order valence-electron chi connectivity index (χ4n) is 3.29. The summed E-state index contributed by atoms with van der Waals surface area (Å²) in [5.41, 5.74) is -1.56. The number of rotatable bonds is 5. The number of esters is 1. The van der Waals surface area contributed by atoms with Crippen molar-refractivity contribution in [2.24, 2.45) is 0 Å². The van der Waals surface area contributed by atoms with Crippen LogP contribution >= 0.6 is 11.6 Å². The fraction of sp³-hybridized carbons (Fsp3) is 0.350. The van der Waals surface area contributed by atoms with Crippen molar-refractivity contribution >= 4 is 35.0 Å². The minimum Gasteiger partial charge on any atom is -0.462 e. The number of hydrogen-bond donors (Lipinski definition) is 0. The predicted octanol–water partition coefficient (Wildman–Crippen LogP) is 3.80. The molecule has 1 amide bonds. The minimum absolute atomic E-state index is 0.0496. The molecule has 0 atom stereocenters. The van der Waals surface area contributed by atoms with Crippen molar-refractivity contribution < 1.29 is 32.4 Å². The summed E-state index contributed by atoms with van der Waals surface area (Å²) < 4.78 is 43.3. The maximum Gasteiger partial charge on any atom is 0.417 e. The van der Waals surface area contributed by atoms with E-state index in [2.05, 4.69) is 4.98 Å². The number of carbonyl (C=O) groups excluding carboxylic acids is 2. The van der Waals surface area contributed by atoms with E-state index in [1.54, 1.807) is 11.8 Å². The summed E-state index contributed by atoms with van der Waals surface area (Å²) in [5, 5.41) is 11.1. The quantitative estimate of drug-likeness (QED) is 0.359. The van der Waals surface area contributed by atoms with Crippen molar-refractivity contribution in [3.63, 3.8) is 0 Å². The monoisotopic (exact) mass is 486 g/mol. The van der Waals surface area contributed by atoms with Gasteiger partial charge in [0.15, 0.2) is 0 Å². The van der Waals surface area contributed by atoms with Crippen molar-refractivity contribution in [1.82, 2.24) is 9.88 Å². The van der Waals surface area contributed by atoms with Gasteiger partial charge in [0.25, 0.3) is 11.6 Å². The van der Waals surface area contributed by atoms with E-state index < -0.39 is 34.2 Å². The van der Waals surface area contributed by atoms with Crippen LogP contribution in [0.5, 0.6) is 0 Å². The summed E-state index contributed by atoms with van der Waals surface area (Å²) in [5.74, 6) is -1.16. The molecule has 0 N–H and O–H groups in total. The molecule has 0 unspecified atom stereocenters. The second-order valence-corrected chi connectivity index (χ2v) is 7.46. The van der Waals surface area contributed by atoms with Crippen LogP contribution in [0.25, 0.3) is 0 Å². The Morgan fingerprint density at radius 1 is 1.15 bits per heavy atom. The third kappa shape index (κ3) is 5.51. The number of alkyl halides is 3. The molecule has 33 heavy (non-hydrogen) atoms. The highest BCUT2D eigenvalue weighted by Crippen LogP contribution is 2.33. The molecular formula is C20H18ClF3N4O5. The summed E-state index contributed by atoms with van der Waals surface area (Å²) in [4.78, 5) is 42.4. The molecule has 0 radical (unpaired) electrons. The number of non-ortho nitro benzene ring substituents is 1. The predicted molar refractivity (Wildman–Crippen MR) is 111 cm³/mol. The van der Waals surface area contributed by atoms with Gasteiger partial charge in [-0.05, 0) is 19.1 Å². The average molecular weight is 487 g/mol. The average Bonchev–Trinajstić information content (AvgIpc) is 2.78. The van der Waals surface area contributed by atoms with Gasteiger partial charge in [-0.1, -0.05) is 11.6 Å². The molecular weight excluding hydrogens is 469 g/mol. The number of halogens is 4. The highest BCUT2D eigenvalue weighted by atomic mass is 35.5. The van der Waals surface area contributed by atoms with E-state index >= 15 is 0 Å². The largest absolute Gasteiger partial charge is 0.462 e. The fourth-order valence-corrected chi connectivity index (χ4v) is 3.58. The molecule has 3 rings (SSSR count). The molecule has 0 saturated carbocycles. The highest BCUT2D eigenvalue weighted by Gasteiger charge is 2.33. The number of aromatic nitrogens is 1. The standard InChI is InChI=1S/C20H18ClF3N4O5/c1-2-33-19(30)13-7-12(8-15(9-13)28(31)32)18(29)27-5-3-26(4-6-27)17-16(21)10-14(11-25-17)20(22,23)24/h7-11H,2-6H2,1H3. The maximum atomic E-state index is 12.9. The van der Waals surface area contributed by atoms with E-state index in [0.717, 1.165) is 18.2 Å². The second kappa shape index (κ2) is 9.61. The molecule has 9 nitrogen and oxygen atoms in total. The van der Waals surface area contributed by atoms with Gasteiger partial charge in [-0.25, -0.2) is 9.78 Å². The summed E-state index contributed by atoms with van der Waals surface area (Å²) in [7, 11) is 0. The number of nitro groups is 1. The number of ether oxygens (including phenoxy) is 1. The first-order chi connectivity index (χ1) is 15.5. The Morgan fingerprint density at radius 2 is 1.79 bits per heavy atom. The molecule has 0 aliphatic carbocycles. The normalized spacial score (nSPS) is 14.2. The minimum atomic E-state index is -4.57. The zero-order valence-corrected chi connectivity index (χ0v) is 18.0. The molecule has 2 aromatic rings. The number of piperazine rings is 1. The van der Waals surface area contributed by atoms with Crippen LogP contribution in [0.4, 0.5) is 24.7 Å². The Kier molecular flexibility index (Phi) is 7.06. The maximum absolute atomic E-state index is 12.9. The molecule has 2 heterocycles.